The highest BCUT2D eigenvalue weighted by Gasteiger charge is 2.27. The molecule has 1 atom stereocenters. The molecular weight excluding hydrogens is 275 g/mol. The molecule has 1 aliphatic rings. The minimum absolute atomic E-state index is 0.158. The van der Waals surface area contributed by atoms with Crippen LogP contribution in [0.3, 0.4) is 0 Å². The van der Waals surface area contributed by atoms with Gasteiger partial charge in [0.2, 0.25) is 0 Å². The molecule has 0 saturated heterocycles. The van der Waals surface area contributed by atoms with Crippen molar-refractivity contribution >= 4 is 11.6 Å². The lowest BCUT2D eigenvalue weighted by atomic mass is 9.93. The zero-order chi connectivity index (χ0) is 14.1. The predicted molar refractivity (Wildman–Crippen MR) is 78.5 cm³/mol. The van der Waals surface area contributed by atoms with Gasteiger partial charge in [-0.05, 0) is 53.6 Å². The largest absolute Gasteiger partial charge is 0.392 e. The molecule has 0 spiro atoms. The van der Waals surface area contributed by atoms with E-state index >= 15 is 0 Å². The maximum atomic E-state index is 13.7. The van der Waals surface area contributed by atoms with Crippen LogP contribution in [-0.4, -0.2) is 11.2 Å². The van der Waals surface area contributed by atoms with E-state index in [1.165, 1.54) is 23.3 Å². The first-order chi connectivity index (χ1) is 9.63. The third-order valence-corrected chi connectivity index (χ3v) is 4.30. The molecule has 2 aromatic carbocycles. The van der Waals surface area contributed by atoms with E-state index in [0.29, 0.717) is 17.0 Å². The Balaban J connectivity index is 1.72. The van der Waals surface area contributed by atoms with Crippen LogP contribution in [-0.2, 0) is 19.3 Å². The molecule has 0 aliphatic heterocycles. The second kappa shape index (κ2) is 5.55. The summed E-state index contributed by atoms with van der Waals surface area (Å²) in [5.74, 6) is -0.144. The van der Waals surface area contributed by atoms with Crippen molar-refractivity contribution in [3.63, 3.8) is 0 Å². The van der Waals surface area contributed by atoms with Gasteiger partial charge in [-0.3, -0.25) is 0 Å². The Bertz CT molecular complexity index is 601. The molecule has 0 fully saturated rings. The van der Waals surface area contributed by atoms with E-state index in [1.807, 2.05) is 12.1 Å². The molecular formula is C17H16ClFO. The molecule has 0 bridgehead atoms. The maximum Gasteiger partial charge on any atom is 0.126 e. The summed E-state index contributed by atoms with van der Waals surface area (Å²) in [6.45, 7) is 0. The molecule has 1 unspecified atom stereocenters. The molecule has 0 aromatic heterocycles. The predicted octanol–water partition coefficient (Wildman–Crippen LogP) is 3.80. The molecule has 0 amide bonds. The van der Waals surface area contributed by atoms with Crippen molar-refractivity contribution in [2.75, 3.05) is 0 Å². The number of hydrogen-bond donors (Lipinski definition) is 1. The summed E-state index contributed by atoms with van der Waals surface area (Å²) in [4.78, 5) is 0. The van der Waals surface area contributed by atoms with Gasteiger partial charge in [0.25, 0.3) is 0 Å². The van der Waals surface area contributed by atoms with Gasteiger partial charge in [0, 0.05) is 11.4 Å². The molecule has 3 heteroatoms. The van der Waals surface area contributed by atoms with Crippen LogP contribution in [0.5, 0.6) is 0 Å². The van der Waals surface area contributed by atoms with Crippen LogP contribution in [0.15, 0.2) is 42.5 Å². The first-order valence-corrected chi connectivity index (χ1v) is 7.20. The molecule has 2 aromatic rings. The molecule has 3 rings (SSSR count). The maximum absolute atomic E-state index is 13.7. The van der Waals surface area contributed by atoms with E-state index in [-0.39, 0.29) is 11.7 Å². The van der Waals surface area contributed by atoms with E-state index in [1.54, 1.807) is 6.07 Å². The highest BCUT2D eigenvalue weighted by atomic mass is 35.5. The second-order valence-electron chi connectivity index (χ2n) is 5.44. The lowest BCUT2D eigenvalue weighted by Crippen LogP contribution is -2.23. The number of rotatable bonds is 3. The summed E-state index contributed by atoms with van der Waals surface area (Å²) in [7, 11) is 0. The van der Waals surface area contributed by atoms with Gasteiger partial charge in [0.15, 0.2) is 0 Å². The smallest absolute Gasteiger partial charge is 0.126 e. The van der Waals surface area contributed by atoms with Crippen LogP contribution < -0.4 is 0 Å². The van der Waals surface area contributed by atoms with Crippen LogP contribution in [0.4, 0.5) is 4.39 Å². The van der Waals surface area contributed by atoms with E-state index in [4.69, 9.17) is 11.6 Å². The van der Waals surface area contributed by atoms with Crippen LogP contribution >= 0.6 is 11.6 Å². The van der Waals surface area contributed by atoms with Gasteiger partial charge in [-0.25, -0.2) is 4.39 Å². The fourth-order valence-corrected chi connectivity index (χ4v) is 3.15. The van der Waals surface area contributed by atoms with Crippen LogP contribution in [0, 0.1) is 11.7 Å². The first kappa shape index (κ1) is 13.6. The van der Waals surface area contributed by atoms with Crippen molar-refractivity contribution < 1.29 is 9.50 Å². The summed E-state index contributed by atoms with van der Waals surface area (Å²) >= 11 is 5.88. The van der Waals surface area contributed by atoms with Gasteiger partial charge in [0.05, 0.1) is 6.10 Å². The Morgan fingerprint density at radius 2 is 1.80 bits per heavy atom. The monoisotopic (exact) mass is 290 g/mol. The van der Waals surface area contributed by atoms with Gasteiger partial charge < -0.3 is 5.11 Å². The van der Waals surface area contributed by atoms with Crippen molar-refractivity contribution in [3.05, 3.63) is 70.0 Å². The number of aliphatic hydroxyl groups excluding tert-OH is 1. The van der Waals surface area contributed by atoms with Crippen molar-refractivity contribution in [1.82, 2.24) is 0 Å². The van der Waals surface area contributed by atoms with E-state index in [9.17, 15) is 9.50 Å². The lowest BCUT2D eigenvalue weighted by molar-refractivity contribution is 0.112. The molecule has 0 radical (unpaired) electrons. The normalized spacial score (nSPS) is 16.1. The molecule has 0 heterocycles. The number of benzene rings is 2. The highest BCUT2D eigenvalue weighted by Crippen LogP contribution is 2.30. The molecule has 1 nitrogen and oxygen atoms in total. The molecule has 0 saturated carbocycles. The second-order valence-corrected chi connectivity index (χ2v) is 5.88. The molecule has 1 N–H and O–H groups in total. The van der Waals surface area contributed by atoms with Crippen molar-refractivity contribution in [2.45, 2.75) is 25.4 Å². The van der Waals surface area contributed by atoms with E-state index in [0.717, 1.165) is 12.8 Å². The Morgan fingerprint density at radius 1 is 1.15 bits per heavy atom. The van der Waals surface area contributed by atoms with Crippen molar-refractivity contribution in [2.24, 2.45) is 5.92 Å². The van der Waals surface area contributed by atoms with Gasteiger partial charge in [-0.1, -0.05) is 35.9 Å². The van der Waals surface area contributed by atoms with E-state index < -0.39 is 6.10 Å². The van der Waals surface area contributed by atoms with Crippen molar-refractivity contribution in [3.8, 4) is 0 Å². The topological polar surface area (TPSA) is 20.2 Å². The minimum Gasteiger partial charge on any atom is -0.392 e. The minimum atomic E-state index is -0.546. The van der Waals surface area contributed by atoms with Crippen LogP contribution in [0.2, 0.25) is 5.02 Å². The number of hydrogen-bond acceptors (Lipinski definition) is 1. The Morgan fingerprint density at radius 3 is 2.45 bits per heavy atom. The average Bonchev–Trinajstić information content (AvgIpc) is 2.87. The Labute approximate surface area is 123 Å². The fourth-order valence-electron chi connectivity index (χ4n) is 2.96. The summed E-state index contributed by atoms with van der Waals surface area (Å²) in [5, 5.41) is 10.9. The fraction of sp³-hybridized carbons (Fsp3) is 0.294. The quantitative estimate of drug-likeness (QED) is 0.912. The lowest BCUT2D eigenvalue weighted by Gasteiger charge is -2.18. The zero-order valence-electron chi connectivity index (χ0n) is 11.0. The van der Waals surface area contributed by atoms with Crippen molar-refractivity contribution in [1.29, 1.82) is 0 Å². The van der Waals surface area contributed by atoms with Crippen LogP contribution in [0.1, 0.15) is 16.7 Å². The molecule has 20 heavy (non-hydrogen) atoms. The summed E-state index contributed by atoms with van der Waals surface area (Å²) in [6, 6.07) is 12.7. The Kier molecular flexibility index (Phi) is 3.77. The van der Waals surface area contributed by atoms with Gasteiger partial charge >= 0.3 is 0 Å². The zero-order valence-corrected chi connectivity index (χ0v) is 11.8. The van der Waals surface area contributed by atoms with Gasteiger partial charge in [0.1, 0.15) is 5.82 Å². The summed E-state index contributed by atoms with van der Waals surface area (Å²) in [5.41, 5.74) is 3.08. The van der Waals surface area contributed by atoms with E-state index in [2.05, 4.69) is 12.1 Å². The van der Waals surface area contributed by atoms with Gasteiger partial charge in [-0.2, -0.15) is 0 Å². The molecule has 104 valence electrons. The number of fused-ring (bicyclic) bond motifs is 1. The third-order valence-electron chi connectivity index (χ3n) is 4.06. The number of halogens is 2. The highest BCUT2D eigenvalue weighted by molar-refractivity contribution is 6.30. The van der Waals surface area contributed by atoms with Gasteiger partial charge in [-0.15, -0.1) is 0 Å². The third kappa shape index (κ3) is 2.72. The Hall–Kier alpha value is -1.38. The standard InChI is InChI=1S/C17H16ClFO/c18-15-5-6-16(19)13(9-15)10-17(20)14-7-11-3-1-2-4-12(11)8-14/h1-6,9,14,17,20H,7-8,10H2. The van der Waals surface area contributed by atoms with Crippen LogP contribution in [0.25, 0.3) is 0 Å². The molecule has 1 aliphatic carbocycles. The average molecular weight is 291 g/mol. The summed E-state index contributed by atoms with van der Waals surface area (Å²) < 4.78 is 13.7. The summed E-state index contributed by atoms with van der Waals surface area (Å²) in [6.07, 6.45) is 1.49. The first-order valence-electron chi connectivity index (χ1n) is 6.82. The SMILES string of the molecule is OC(Cc1cc(Cl)ccc1F)C1Cc2ccccc2C1. The number of aliphatic hydroxyl groups is 1.